The number of carbonyl (C=O) groups is 2. The normalized spacial score (nSPS) is 11.2. The summed E-state index contributed by atoms with van der Waals surface area (Å²) in [4.78, 5) is 24.0. The molecule has 0 radical (unpaired) electrons. The standard InChI is InChI=1S/C20H16F3N3O3S/c1-2-29-19(28)16-11-12-26(25-16)14-9-7-13(8-10-14)24-18(27)15-5-3-4-6-17(15)30-20(21,22)23/h3-12H,2H2,1H3,(H,24,27). The van der Waals surface area contributed by atoms with Gasteiger partial charge in [0.05, 0.1) is 17.9 Å². The molecule has 3 rings (SSSR count). The third-order valence-corrected chi connectivity index (χ3v) is 4.63. The first kappa shape index (κ1) is 21.4. The van der Waals surface area contributed by atoms with Gasteiger partial charge in [-0.25, -0.2) is 9.48 Å². The van der Waals surface area contributed by atoms with E-state index in [1.165, 1.54) is 35.0 Å². The van der Waals surface area contributed by atoms with Gasteiger partial charge in [-0.2, -0.15) is 18.3 Å². The van der Waals surface area contributed by atoms with E-state index < -0.39 is 17.4 Å². The Labute approximate surface area is 174 Å². The van der Waals surface area contributed by atoms with E-state index in [-0.39, 0.29) is 34.5 Å². The quantitative estimate of drug-likeness (QED) is 0.440. The molecular weight excluding hydrogens is 419 g/mol. The van der Waals surface area contributed by atoms with E-state index in [9.17, 15) is 22.8 Å². The van der Waals surface area contributed by atoms with E-state index in [4.69, 9.17) is 4.74 Å². The predicted octanol–water partition coefficient (Wildman–Crippen LogP) is 4.91. The van der Waals surface area contributed by atoms with Crippen LogP contribution in [0.15, 0.2) is 65.7 Å². The Hall–Kier alpha value is -3.27. The predicted molar refractivity (Wildman–Crippen MR) is 106 cm³/mol. The van der Waals surface area contributed by atoms with Gasteiger partial charge in [-0.1, -0.05) is 12.1 Å². The fraction of sp³-hybridized carbons (Fsp3) is 0.150. The van der Waals surface area contributed by atoms with Gasteiger partial charge in [0.2, 0.25) is 0 Å². The smallest absolute Gasteiger partial charge is 0.446 e. The number of benzene rings is 2. The number of thioether (sulfide) groups is 1. The Kier molecular flexibility index (Phi) is 6.46. The third-order valence-electron chi connectivity index (χ3n) is 3.82. The Balaban J connectivity index is 1.72. The van der Waals surface area contributed by atoms with Gasteiger partial charge >= 0.3 is 11.5 Å². The van der Waals surface area contributed by atoms with E-state index >= 15 is 0 Å². The van der Waals surface area contributed by atoms with Gasteiger partial charge < -0.3 is 10.1 Å². The number of carbonyl (C=O) groups excluding carboxylic acids is 2. The molecule has 0 atom stereocenters. The largest absolute Gasteiger partial charge is 0.461 e. The highest BCUT2D eigenvalue weighted by Gasteiger charge is 2.31. The molecule has 1 heterocycles. The summed E-state index contributed by atoms with van der Waals surface area (Å²) in [5.74, 6) is -1.19. The first-order valence-corrected chi connectivity index (χ1v) is 9.58. The molecule has 6 nitrogen and oxygen atoms in total. The number of esters is 1. The molecule has 0 unspecified atom stereocenters. The lowest BCUT2D eigenvalue weighted by atomic mass is 10.2. The second-order valence-corrected chi connectivity index (χ2v) is 7.02. The van der Waals surface area contributed by atoms with Gasteiger partial charge in [0.1, 0.15) is 0 Å². The first-order chi connectivity index (χ1) is 14.3. The number of halogens is 3. The SMILES string of the molecule is CCOC(=O)c1ccn(-c2ccc(NC(=O)c3ccccc3SC(F)(F)F)cc2)n1. The van der Waals surface area contributed by atoms with Crippen LogP contribution in [0.3, 0.4) is 0 Å². The van der Waals surface area contributed by atoms with Gasteiger partial charge in [0.15, 0.2) is 5.69 Å². The summed E-state index contributed by atoms with van der Waals surface area (Å²) in [6.45, 7) is 1.94. The van der Waals surface area contributed by atoms with Crippen molar-refractivity contribution in [3.8, 4) is 5.69 Å². The second kappa shape index (κ2) is 9.04. The number of nitrogens with zero attached hydrogens (tertiary/aromatic N) is 2. The van der Waals surface area contributed by atoms with Crippen LogP contribution < -0.4 is 5.32 Å². The van der Waals surface area contributed by atoms with Gasteiger partial charge in [0.25, 0.3) is 5.91 Å². The van der Waals surface area contributed by atoms with Crippen molar-refractivity contribution in [2.45, 2.75) is 17.3 Å². The van der Waals surface area contributed by atoms with E-state index in [1.807, 2.05) is 0 Å². The summed E-state index contributed by atoms with van der Waals surface area (Å²) in [7, 11) is 0. The first-order valence-electron chi connectivity index (χ1n) is 8.76. The van der Waals surface area contributed by atoms with E-state index in [0.717, 1.165) is 0 Å². The number of nitrogens with one attached hydrogen (secondary N) is 1. The summed E-state index contributed by atoms with van der Waals surface area (Å²) < 4.78 is 44.5. The van der Waals surface area contributed by atoms with E-state index in [2.05, 4.69) is 10.4 Å². The summed E-state index contributed by atoms with van der Waals surface area (Å²) in [5.41, 5.74) is -3.39. The zero-order valence-corrected chi connectivity index (χ0v) is 16.5. The van der Waals surface area contributed by atoms with E-state index in [1.54, 1.807) is 37.4 Å². The lowest BCUT2D eigenvalue weighted by Crippen LogP contribution is -2.14. The van der Waals surface area contributed by atoms with Crippen molar-refractivity contribution in [1.29, 1.82) is 0 Å². The van der Waals surface area contributed by atoms with Crippen LogP contribution >= 0.6 is 11.8 Å². The van der Waals surface area contributed by atoms with Crippen molar-refractivity contribution in [2.75, 3.05) is 11.9 Å². The maximum Gasteiger partial charge on any atom is 0.446 e. The molecule has 1 N–H and O–H groups in total. The number of anilines is 1. The third kappa shape index (κ3) is 5.41. The van der Waals surface area contributed by atoms with Gasteiger partial charge in [-0.15, -0.1) is 0 Å². The van der Waals surface area contributed by atoms with Crippen molar-refractivity contribution in [3.63, 3.8) is 0 Å². The minimum atomic E-state index is -4.50. The van der Waals surface area contributed by atoms with Crippen LogP contribution in [0, 0.1) is 0 Å². The molecule has 0 spiro atoms. The van der Waals surface area contributed by atoms with Crippen molar-refractivity contribution < 1.29 is 27.5 Å². The van der Waals surface area contributed by atoms with Crippen LogP contribution in [0.25, 0.3) is 5.69 Å². The average molecular weight is 435 g/mol. The highest BCUT2D eigenvalue weighted by atomic mass is 32.2. The second-order valence-electron chi connectivity index (χ2n) is 5.91. The van der Waals surface area contributed by atoms with Crippen molar-refractivity contribution >= 4 is 29.3 Å². The molecule has 156 valence electrons. The molecule has 30 heavy (non-hydrogen) atoms. The summed E-state index contributed by atoms with van der Waals surface area (Å²) >= 11 is -0.336. The molecule has 0 fully saturated rings. The van der Waals surface area contributed by atoms with Crippen LogP contribution in [0.5, 0.6) is 0 Å². The highest BCUT2D eigenvalue weighted by molar-refractivity contribution is 8.00. The molecule has 3 aromatic rings. The summed E-state index contributed by atoms with van der Waals surface area (Å²) in [6, 6.07) is 13.5. The molecule has 0 aliphatic heterocycles. The summed E-state index contributed by atoms with van der Waals surface area (Å²) in [6.07, 6.45) is 1.59. The minimum absolute atomic E-state index is 0.0740. The van der Waals surface area contributed by atoms with Crippen molar-refractivity contribution in [1.82, 2.24) is 9.78 Å². The molecular formula is C20H16F3N3O3S. The number of rotatable bonds is 6. The molecule has 0 saturated heterocycles. The molecule has 0 aliphatic carbocycles. The van der Waals surface area contributed by atoms with Crippen LogP contribution in [0.1, 0.15) is 27.8 Å². The topological polar surface area (TPSA) is 73.2 Å². The Morgan fingerprint density at radius 3 is 2.47 bits per heavy atom. The molecule has 0 aliphatic rings. The van der Waals surface area contributed by atoms with Gasteiger partial charge in [-0.05, 0) is 61.2 Å². The van der Waals surface area contributed by atoms with Gasteiger partial charge in [0, 0.05) is 16.8 Å². The molecule has 1 aromatic heterocycles. The Morgan fingerprint density at radius 1 is 1.10 bits per heavy atom. The number of ether oxygens (including phenoxy) is 1. The number of hydrogen-bond donors (Lipinski definition) is 1. The number of alkyl halides is 3. The summed E-state index contributed by atoms with van der Waals surface area (Å²) in [5, 5.41) is 6.71. The lowest BCUT2D eigenvalue weighted by molar-refractivity contribution is -0.0328. The molecule has 1 amide bonds. The maximum absolute atomic E-state index is 12.7. The number of amides is 1. The van der Waals surface area contributed by atoms with E-state index in [0.29, 0.717) is 11.4 Å². The van der Waals surface area contributed by atoms with Crippen LogP contribution in [-0.4, -0.2) is 33.8 Å². The molecule has 10 heteroatoms. The van der Waals surface area contributed by atoms with Crippen molar-refractivity contribution in [3.05, 3.63) is 72.1 Å². The zero-order chi connectivity index (χ0) is 21.7. The highest BCUT2D eigenvalue weighted by Crippen LogP contribution is 2.38. The van der Waals surface area contributed by atoms with Gasteiger partial charge in [-0.3, -0.25) is 4.79 Å². The lowest BCUT2D eigenvalue weighted by Gasteiger charge is -2.11. The molecule has 0 bridgehead atoms. The van der Waals surface area contributed by atoms with Crippen LogP contribution in [-0.2, 0) is 4.74 Å². The monoisotopic (exact) mass is 435 g/mol. The number of aromatic nitrogens is 2. The zero-order valence-electron chi connectivity index (χ0n) is 15.6. The van der Waals surface area contributed by atoms with Crippen LogP contribution in [0.2, 0.25) is 0 Å². The fourth-order valence-electron chi connectivity index (χ4n) is 2.55. The fourth-order valence-corrected chi connectivity index (χ4v) is 3.21. The van der Waals surface area contributed by atoms with Crippen LogP contribution in [0.4, 0.5) is 18.9 Å². The Morgan fingerprint density at radius 2 is 1.80 bits per heavy atom. The maximum atomic E-state index is 12.7. The minimum Gasteiger partial charge on any atom is -0.461 e. The molecule has 0 saturated carbocycles. The van der Waals surface area contributed by atoms with Crippen molar-refractivity contribution in [2.24, 2.45) is 0 Å². The number of hydrogen-bond acceptors (Lipinski definition) is 5. The molecule has 2 aromatic carbocycles. The Bertz CT molecular complexity index is 1050. The average Bonchev–Trinajstić information content (AvgIpc) is 3.18.